The van der Waals surface area contributed by atoms with E-state index in [2.05, 4.69) is 15.0 Å². The molecule has 0 atom stereocenters. The van der Waals surface area contributed by atoms with Gasteiger partial charge >= 0.3 is 6.36 Å². The van der Waals surface area contributed by atoms with Crippen molar-refractivity contribution in [3.05, 3.63) is 47.8 Å². The van der Waals surface area contributed by atoms with E-state index in [1.165, 1.54) is 31.3 Å². The Kier molecular flexibility index (Phi) is 4.20. The van der Waals surface area contributed by atoms with Gasteiger partial charge in [-0.1, -0.05) is 0 Å². The van der Waals surface area contributed by atoms with Crippen LogP contribution in [0.3, 0.4) is 0 Å². The number of nitrogens with one attached hydrogen (secondary N) is 2. The second kappa shape index (κ2) is 5.92. The summed E-state index contributed by atoms with van der Waals surface area (Å²) in [6.45, 7) is 1.37. The molecule has 8 heteroatoms. The highest BCUT2D eigenvalue weighted by Crippen LogP contribution is 2.24. The molecule has 0 spiro atoms. The summed E-state index contributed by atoms with van der Waals surface area (Å²) in [4.78, 5) is 25.7. The average molecular weight is 312 g/mol. The summed E-state index contributed by atoms with van der Waals surface area (Å²) in [7, 11) is 0. The molecule has 0 radical (unpaired) electrons. The Morgan fingerprint density at radius 1 is 1.18 bits per heavy atom. The number of carbonyl (C=O) groups is 2. The minimum Gasteiger partial charge on any atom is -0.406 e. The van der Waals surface area contributed by atoms with Crippen LogP contribution in [0.4, 0.5) is 18.9 Å². The summed E-state index contributed by atoms with van der Waals surface area (Å²) >= 11 is 0. The van der Waals surface area contributed by atoms with Gasteiger partial charge in [-0.25, -0.2) is 0 Å². The summed E-state index contributed by atoms with van der Waals surface area (Å²) in [6, 6.07) is 6.10. The maximum absolute atomic E-state index is 12.0. The number of Topliss-reactive ketones (excluding diaryl/α,β-unsaturated/α-hetero) is 1. The van der Waals surface area contributed by atoms with Gasteiger partial charge in [0, 0.05) is 17.4 Å². The van der Waals surface area contributed by atoms with Crippen LogP contribution in [0.5, 0.6) is 5.75 Å². The lowest BCUT2D eigenvalue weighted by Crippen LogP contribution is -2.17. The minimum absolute atomic E-state index is 0.167. The first-order valence-corrected chi connectivity index (χ1v) is 6.11. The fourth-order valence-corrected chi connectivity index (χ4v) is 1.67. The topological polar surface area (TPSA) is 71.2 Å². The Morgan fingerprint density at radius 2 is 1.82 bits per heavy atom. The van der Waals surface area contributed by atoms with Crippen molar-refractivity contribution in [3.8, 4) is 5.75 Å². The van der Waals surface area contributed by atoms with Crippen LogP contribution in [-0.2, 0) is 0 Å². The van der Waals surface area contributed by atoms with Gasteiger partial charge in [-0.3, -0.25) is 9.59 Å². The van der Waals surface area contributed by atoms with Gasteiger partial charge < -0.3 is 15.0 Å². The van der Waals surface area contributed by atoms with E-state index in [0.29, 0.717) is 11.3 Å². The second-order valence-electron chi connectivity index (χ2n) is 4.38. The number of halogens is 3. The molecule has 5 nitrogen and oxygen atoms in total. The van der Waals surface area contributed by atoms with Crippen LogP contribution in [0.1, 0.15) is 27.8 Å². The molecule has 0 fully saturated rings. The lowest BCUT2D eigenvalue weighted by atomic mass is 10.2. The van der Waals surface area contributed by atoms with E-state index in [-0.39, 0.29) is 17.2 Å². The summed E-state index contributed by atoms with van der Waals surface area (Å²) < 4.78 is 39.8. The van der Waals surface area contributed by atoms with E-state index in [0.717, 1.165) is 12.1 Å². The van der Waals surface area contributed by atoms with Crippen molar-refractivity contribution in [1.29, 1.82) is 0 Å². The predicted molar refractivity (Wildman–Crippen MR) is 71.9 cm³/mol. The van der Waals surface area contributed by atoms with Crippen molar-refractivity contribution in [2.24, 2.45) is 0 Å². The number of amides is 1. The fourth-order valence-electron chi connectivity index (χ4n) is 1.67. The quantitative estimate of drug-likeness (QED) is 0.850. The zero-order chi connectivity index (χ0) is 16.3. The maximum atomic E-state index is 12.0. The normalized spacial score (nSPS) is 11.1. The highest BCUT2D eigenvalue weighted by molar-refractivity contribution is 6.05. The van der Waals surface area contributed by atoms with Crippen LogP contribution in [0.25, 0.3) is 0 Å². The summed E-state index contributed by atoms with van der Waals surface area (Å²) in [6.07, 6.45) is -3.37. The van der Waals surface area contributed by atoms with Crippen molar-refractivity contribution in [3.63, 3.8) is 0 Å². The lowest BCUT2D eigenvalue weighted by Gasteiger charge is -2.09. The molecule has 1 heterocycles. The van der Waals surface area contributed by atoms with E-state index >= 15 is 0 Å². The van der Waals surface area contributed by atoms with Crippen molar-refractivity contribution in [2.45, 2.75) is 13.3 Å². The minimum atomic E-state index is -4.77. The molecule has 1 aromatic carbocycles. The lowest BCUT2D eigenvalue weighted by molar-refractivity contribution is -0.274. The van der Waals surface area contributed by atoms with Gasteiger partial charge in [0.2, 0.25) is 0 Å². The zero-order valence-electron chi connectivity index (χ0n) is 11.3. The number of anilines is 1. The third-order valence-electron chi connectivity index (χ3n) is 2.68. The smallest absolute Gasteiger partial charge is 0.406 e. The molecular formula is C14H11F3N2O3. The van der Waals surface area contributed by atoms with Crippen LogP contribution in [0, 0.1) is 0 Å². The highest BCUT2D eigenvalue weighted by Gasteiger charge is 2.30. The number of H-pyrrole nitrogens is 1. The van der Waals surface area contributed by atoms with E-state index in [1.54, 1.807) is 0 Å². The molecule has 1 amide bonds. The first-order valence-electron chi connectivity index (χ1n) is 6.11. The van der Waals surface area contributed by atoms with Crippen LogP contribution in [-0.4, -0.2) is 23.0 Å². The summed E-state index contributed by atoms with van der Waals surface area (Å²) in [5.41, 5.74) is 0.818. The van der Waals surface area contributed by atoms with Gasteiger partial charge in [-0.2, -0.15) is 0 Å². The fraction of sp³-hybridized carbons (Fsp3) is 0.143. The van der Waals surface area contributed by atoms with Crippen molar-refractivity contribution in [2.75, 3.05) is 5.32 Å². The Bertz CT molecular complexity index is 690. The Balaban J connectivity index is 2.03. The molecule has 0 aliphatic rings. The number of alkyl halides is 3. The van der Waals surface area contributed by atoms with E-state index < -0.39 is 12.3 Å². The molecule has 2 rings (SSSR count). The molecule has 22 heavy (non-hydrogen) atoms. The third-order valence-corrected chi connectivity index (χ3v) is 2.68. The van der Waals surface area contributed by atoms with Crippen molar-refractivity contribution < 1.29 is 27.5 Å². The first-order chi connectivity index (χ1) is 10.2. The van der Waals surface area contributed by atoms with Gasteiger partial charge in [-0.15, -0.1) is 13.2 Å². The molecule has 0 aliphatic carbocycles. The van der Waals surface area contributed by atoms with Crippen molar-refractivity contribution in [1.82, 2.24) is 4.98 Å². The monoisotopic (exact) mass is 312 g/mol. The molecular weight excluding hydrogens is 301 g/mol. The van der Waals surface area contributed by atoms with Crippen LogP contribution in [0.2, 0.25) is 0 Å². The van der Waals surface area contributed by atoms with Gasteiger partial charge in [0.05, 0.1) is 0 Å². The number of hydrogen-bond acceptors (Lipinski definition) is 3. The van der Waals surface area contributed by atoms with Gasteiger partial charge in [0.1, 0.15) is 11.4 Å². The molecule has 0 bridgehead atoms. The molecule has 0 unspecified atom stereocenters. The standard InChI is InChI=1S/C14H11F3N2O3/c1-8(20)9-6-12(18-7-9)13(21)19-10-2-4-11(5-3-10)22-14(15,16)17/h2-7,18H,1H3,(H,19,21). The summed E-state index contributed by atoms with van der Waals surface area (Å²) in [5, 5.41) is 2.48. The number of hydrogen-bond donors (Lipinski definition) is 2. The summed E-state index contributed by atoms with van der Waals surface area (Å²) in [5.74, 6) is -1.09. The molecule has 2 aromatic rings. The Labute approximate surface area is 123 Å². The van der Waals surface area contributed by atoms with Gasteiger partial charge in [0.15, 0.2) is 5.78 Å². The van der Waals surface area contributed by atoms with Crippen LogP contribution in [0.15, 0.2) is 36.5 Å². The van der Waals surface area contributed by atoms with E-state index in [4.69, 9.17) is 0 Å². The van der Waals surface area contributed by atoms with E-state index in [9.17, 15) is 22.8 Å². The third kappa shape index (κ3) is 4.11. The highest BCUT2D eigenvalue weighted by atomic mass is 19.4. The largest absolute Gasteiger partial charge is 0.573 e. The molecule has 0 saturated carbocycles. The molecule has 0 saturated heterocycles. The molecule has 2 N–H and O–H groups in total. The molecule has 1 aromatic heterocycles. The number of rotatable bonds is 4. The SMILES string of the molecule is CC(=O)c1c[nH]c(C(=O)Nc2ccc(OC(F)(F)F)cc2)c1. The van der Waals surface area contributed by atoms with Gasteiger partial charge in [0.25, 0.3) is 5.91 Å². The second-order valence-corrected chi connectivity index (χ2v) is 4.38. The average Bonchev–Trinajstić information content (AvgIpc) is 2.89. The predicted octanol–water partition coefficient (Wildman–Crippen LogP) is 3.37. The van der Waals surface area contributed by atoms with Crippen LogP contribution < -0.4 is 10.1 Å². The maximum Gasteiger partial charge on any atom is 0.573 e. The molecule has 0 aliphatic heterocycles. The van der Waals surface area contributed by atoms with E-state index in [1.807, 2.05) is 0 Å². The number of carbonyl (C=O) groups excluding carboxylic acids is 2. The van der Waals surface area contributed by atoms with Crippen LogP contribution >= 0.6 is 0 Å². The number of ketones is 1. The van der Waals surface area contributed by atoms with Gasteiger partial charge in [-0.05, 0) is 37.3 Å². The first kappa shape index (κ1) is 15.6. The Morgan fingerprint density at radius 3 is 2.32 bits per heavy atom. The molecule has 116 valence electrons. The number of aromatic nitrogens is 1. The number of benzene rings is 1. The van der Waals surface area contributed by atoms with Crippen molar-refractivity contribution >= 4 is 17.4 Å². The Hall–Kier alpha value is -2.77. The zero-order valence-corrected chi connectivity index (χ0v) is 11.3. The number of aromatic amines is 1. The number of ether oxygens (including phenoxy) is 1.